The molecule has 0 aliphatic heterocycles. The van der Waals surface area contributed by atoms with Crippen LogP contribution < -0.4 is 0 Å². The van der Waals surface area contributed by atoms with Gasteiger partial charge in [-0.05, 0) is 0 Å². The molecule has 0 heterocycles. The van der Waals surface area contributed by atoms with Gasteiger partial charge >= 0.3 is 21.7 Å². The zero-order chi connectivity index (χ0) is 18.8. The van der Waals surface area contributed by atoms with Crippen LogP contribution in [0.15, 0.2) is 0 Å². The summed E-state index contributed by atoms with van der Waals surface area (Å²) >= 11 is 0. The number of fused-ring (bicyclic) bond motifs is 8. The summed E-state index contributed by atoms with van der Waals surface area (Å²) in [6.07, 6.45) is 34.0. The minimum atomic E-state index is 0. The molecule has 8 bridgehead atoms. The normalized spacial score (nSPS) is 46.3. The van der Waals surface area contributed by atoms with Gasteiger partial charge in [-0.3, -0.25) is 0 Å². The number of rotatable bonds is 0. The Balaban J connectivity index is 0.0000000931. The Morgan fingerprint density at radius 2 is 0.586 bits per heavy atom. The van der Waals surface area contributed by atoms with Crippen LogP contribution in [0.2, 0.25) is 0 Å². The van der Waals surface area contributed by atoms with Crippen molar-refractivity contribution in [3.63, 3.8) is 0 Å². The fourth-order valence-corrected chi connectivity index (χ4v) is 7.71. The maximum Gasteiger partial charge on any atom is 4.00 e. The first kappa shape index (κ1) is 22.9. The molecule has 8 rings (SSSR count). The van der Waals surface area contributed by atoms with Crippen molar-refractivity contribution in [2.45, 2.75) is 103 Å². The summed E-state index contributed by atoms with van der Waals surface area (Å²) in [5, 5.41) is 0. The van der Waals surface area contributed by atoms with Crippen LogP contribution in [0, 0.1) is 73.0 Å². The van der Waals surface area contributed by atoms with Crippen LogP contribution in [0.4, 0.5) is 0 Å². The average Bonchev–Trinajstić information content (AvgIpc) is 3.63. The first-order valence-electron chi connectivity index (χ1n) is 13.1. The van der Waals surface area contributed by atoms with Gasteiger partial charge in [-0.2, -0.15) is 49.4 Å². The third kappa shape index (κ3) is 6.37. The van der Waals surface area contributed by atoms with E-state index in [1.165, 1.54) is 103 Å². The summed E-state index contributed by atoms with van der Waals surface area (Å²) in [6.45, 7) is 0. The largest absolute Gasteiger partial charge is 4.00 e. The van der Waals surface area contributed by atoms with Gasteiger partial charge in [0, 0.05) is 0 Å². The van der Waals surface area contributed by atoms with Crippen LogP contribution in [0.1, 0.15) is 103 Å². The van der Waals surface area contributed by atoms with Crippen molar-refractivity contribution >= 4 is 0 Å². The standard InChI is InChI=1S/4C7H11.Ti/c4*1-2-7-4-3-6(1)5-7;/h4*1,6-7H,2-5H2;/q4*-1;+4. The van der Waals surface area contributed by atoms with Crippen LogP contribution >= 0.6 is 0 Å². The topological polar surface area (TPSA) is 0 Å². The Labute approximate surface area is 197 Å². The van der Waals surface area contributed by atoms with E-state index in [1.807, 2.05) is 0 Å². The first-order valence-corrected chi connectivity index (χ1v) is 13.1. The molecule has 8 unspecified atom stereocenters. The van der Waals surface area contributed by atoms with Gasteiger partial charge in [-0.15, -0.1) is 0 Å². The number of hydrogen-bond acceptors (Lipinski definition) is 0. The molecule has 0 spiro atoms. The van der Waals surface area contributed by atoms with Crippen LogP contribution in [-0.2, 0) is 21.7 Å². The van der Waals surface area contributed by atoms with Gasteiger partial charge in [0.1, 0.15) is 0 Å². The quantitative estimate of drug-likeness (QED) is 0.270. The Morgan fingerprint density at radius 1 is 0.345 bits per heavy atom. The Bertz CT molecular complexity index is 327. The van der Waals surface area contributed by atoms with E-state index in [0.717, 1.165) is 47.3 Å². The minimum Gasteiger partial charge on any atom is -0.325 e. The predicted octanol–water partition coefficient (Wildman–Crippen LogP) is 8.04. The van der Waals surface area contributed by atoms with Crippen molar-refractivity contribution in [3.05, 3.63) is 25.7 Å². The molecular weight excluding hydrogens is 384 g/mol. The molecule has 0 aromatic rings. The molecular formula is C28H44Ti. The van der Waals surface area contributed by atoms with Crippen molar-refractivity contribution in [3.8, 4) is 0 Å². The Hall–Kier alpha value is 0.714. The van der Waals surface area contributed by atoms with E-state index in [-0.39, 0.29) is 21.7 Å². The average molecular weight is 429 g/mol. The third-order valence-corrected chi connectivity index (χ3v) is 9.54. The fraction of sp³-hybridized carbons (Fsp3) is 0.857. The van der Waals surface area contributed by atoms with Gasteiger partial charge in [0.15, 0.2) is 0 Å². The van der Waals surface area contributed by atoms with E-state index in [4.69, 9.17) is 0 Å². The third-order valence-electron chi connectivity index (χ3n) is 9.54. The molecule has 8 aliphatic rings. The second-order valence-electron chi connectivity index (χ2n) is 11.6. The molecule has 1 heteroatoms. The Morgan fingerprint density at radius 3 is 0.621 bits per heavy atom. The Kier molecular flexibility index (Phi) is 8.71. The molecule has 29 heavy (non-hydrogen) atoms. The zero-order valence-corrected chi connectivity index (χ0v) is 20.3. The molecule has 8 fully saturated rings. The second-order valence-corrected chi connectivity index (χ2v) is 11.6. The van der Waals surface area contributed by atoms with Gasteiger partial charge in [-0.1, -0.05) is 101 Å². The summed E-state index contributed by atoms with van der Waals surface area (Å²) in [6, 6.07) is 0. The molecule has 0 nitrogen and oxygen atoms in total. The maximum absolute atomic E-state index is 2.51. The van der Waals surface area contributed by atoms with Crippen LogP contribution in [0.5, 0.6) is 0 Å². The van der Waals surface area contributed by atoms with E-state index < -0.39 is 0 Å². The molecule has 0 aromatic carbocycles. The first-order chi connectivity index (χ1) is 13.8. The predicted molar refractivity (Wildman–Crippen MR) is 119 cm³/mol. The minimum absolute atomic E-state index is 0. The van der Waals surface area contributed by atoms with E-state index in [0.29, 0.717) is 0 Å². The number of hydrogen-bond donors (Lipinski definition) is 0. The van der Waals surface area contributed by atoms with E-state index in [9.17, 15) is 0 Å². The summed E-state index contributed by atoms with van der Waals surface area (Å²) in [7, 11) is 0. The van der Waals surface area contributed by atoms with Gasteiger partial charge in [0.25, 0.3) is 0 Å². The summed E-state index contributed by atoms with van der Waals surface area (Å²) in [5.41, 5.74) is 0. The molecule has 0 aromatic heterocycles. The van der Waals surface area contributed by atoms with Crippen molar-refractivity contribution in [1.29, 1.82) is 0 Å². The molecule has 0 saturated heterocycles. The van der Waals surface area contributed by atoms with E-state index >= 15 is 0 Å². The monoisotopic (exact) mass is 428 g/mol. The van der Waals surface area contributed by atoms with Crippen molar-refractivity contribution in [2.75, 3.05) is 0 Å². The molecule has 0 N–H and O–H groups in total. The van der Waals surface area contributed by atoms with Gasteiger partial charge < -0.3 is 25.7 Å². The smallest absolute Gasteiger partial charge is 0.325 e. The van der Waals surface area contributed by atoms with Crippen molar-refractivity contribution in [2.24, 2.45) is 47.3 Å². The van der Waals surface area contributed by atoms with E-state index in [2.05, 4.69) is 25.7 Å². The molecule has 0 radical (unpaired) electrons. The maximum atomic E-state index is 2.51. The SMILES string of the molecule is [CH-]1CC2CCC1C2.[CH-]1CC2CCC1C2.[CH-]1CC2CCC1C2.[CH-]1CC2CCC1C2.[Ti+4]. The van der Waals surface area contributed by atoms with Gasteiger partial charge in [-0.25, -0.2) is 0 Å². The zero-order valence-electron chi connectivity index (χ0n) is 18.7. The summed E-state index contributed by atoms with van der Waals surface area (Å²) in [4.78, 5) is 0. The van der Waals surface area contributed by atoms with Gasteiger partial charge in [0.2, 0.25) is 0 Å². The molecule has 8 aliphatic carbocycles. The summed E-state index contributed by atoms with van der Waals surface area (Å²) < 4.78 is 0. The fourth-order valence-electron chi connectivity index (χ4n) is 7.71. The van der Waals surface area contributed by atoms with Crippen LogP contribution in [0.25, 0.3) is 0 Å². The van der Waals surface area contributed by atoms with Crippen LogP contribution in [0.3, 0.4) is 0 Å². The van der Waals surface area contributed by atoms with Crippen LogP contribution in [-0.4, -0.2) is 0 Å². The second kappa shape index (κ2) is 11.0. The molecule has 160 valence electrons. The van der Waals surface area contributed by atoms with Gasteiger partial charge in [0.05, 0.1) is 0 Å². The summed E-state index contributed by atoms with van der Waals surface area (Å²) in [5.74, 6) is 8.65. The molecule has 8 saturated carbocycles. The molecule has 0 amide bonds. The van der Waals surface area contributed by atoms with Crippen molar-refractivity contribution in [1.82, 2.24) is 0 Å². The molecule has 8 atom stereocenters. The van der Waals surface area contributed by atoms with E-state index in [1.54, 1.807) is 0 Å². The van der Waals surface area contributed by atoms with Crippen molar-refractivity contribution < 1.29 is 21.7 Å².